The Morgan fingerprint density at radius 1 is 1.13 bits per heavy atom. The number of nitrogens with zero attached hydrogens (tertiary/aromatic N) is 5. The zero-order valence-electron chi connectivity index (χ0n) is 16.4. The Labute approximate surface area is 175 Å². The highest BCUT2D eigenvalue weighted by Crippen LogP contribution is 2.25. The van der Waals surface area contributed by atoms with Gasteiger partial charge in [0, 0.05) is 24.5 Å². The highest BCUT2D eigenvalue weighted by atomic mass is 32.2. The van der Waals surface area contributed by atoms with Crippen LogP contribution in [-0.2, 0) is 40.9 Å². The van der Waals surface area contributed by atoms with Crippen LogP contribution in [0.25, 0.3) is 0 Å². The number of carbonyl (C=O) groups excluding carboxylic acids is 1. The molecule has 0 saturated carbocycles. The predicted octanol–water partition coefficient (Wildman–Crippen LogP) is 2.27. The number of aromatic nitrogens is 4. The molecule has 1 aliphatic rings. The summed E-state index contributed by atoms with van der Waals surface area (Å²) in [6.07, 6.45) is -2.07. The maximum absolute atomic E-state index is 12.7. The van der Waals surface area contributed by atoms with Crippen LogP contribution in [0.5, 0.6) is 0 Å². The molecule has 0 atom stereocenters. The van der Waals surface area contributed by atoms with Gasteiger partial charge in [0.2, 0.25) is 5.91 Å². The Hall–Kier alpha value is -3.15. The molecule has 1 aliphatic heterocycles. The Kier molecular flexibility index (Phi) is 5.12. The van der Waals surface area contributed by atoms with Gasteiger partial charge in [0.05, 0.1) is 18.7 Å². The zero-order valence-corrected chi connectivity index (χ0v) is 17.2. The number of hydrogen-bond donors (Lipinski definition) is 0. The van der Waals surface area contributed by atoms with Crippen LogP contribution in [0.15, 0.2) is 47.8 Å². The number of hydrogen-bond acceptors (Lipinski definition) is 5. The van der Waals surface area contributed by atoms with E-state index >= 15 is 0 Å². The summed E-state index contributed by atoms with van der Waals surface area (Å²) in [6, 6.07) is 8.55. The number of benzene rings is 1. The molecule has 1 aromatic carbocycles. The number of alkyl halides is 3. The van der Waals surface area contributed by atoms with Gasteiger partial charge in [-0.1, -0.05) is 24.3 Å². The summed E-state index contributed by atoms with van der Waals surface area (Å²) in [5, 5.41) is 7.01. The minimum Gasteiger partial charge on any atom is -0.332 e. The van der Waals surface area contributed by atoms with Crippen molar-refractivity contribution in [3.8, 4) is 0 Å². The van der Waals surface area contributed by atoms with E-state index in [1.54, 1.807) is 4.90 Å². The smallest absolute Gasteiger partial charge is 0.332 e. The largest absolute Gasteiger partial charge is 0.408 e. The van der Waals surface area contributed by atoms with Crippen molar-refractivity contribution in [3.63, 3.8) is 0 Å². The van der Waals surface area contributed by atoms with E-state index in [-0.39, 0.29) is 25.4 Å². The first-order valence-electron chi connectivity index (χ1n) is 9.28. The molecule has 164 valence electrons. The normalized spacial score (nSPS) is 14.1. The molecule has 0 spiro atoms. The summed E-state index contributed by atoms with van der Waals surface area (Å²) >= 11 is 0. The van der Waals surface area contributed by atoms with E-state index in [0.717, 1.165) is 23.4 Å². The van der Waals surface area contributed by atoms with Gasteiger partial charge in [-0.05, 0) is 24.1 Å². The summed E-state index contributed by atoms with van der Waals surface area (Å²) in [7, 11) is -4.24. The minimum atomic E-state index is -4.52. The lowest BCUT2D eigenvalue weighted by atomic mass is 10.1. The van der Waals surface area contributed by atoms with Crippen LogP contribution in [-0.4, -0.2) is 44.4 Å². The van der Waals surface area contributed by atoms with Crippen molar-refractivity contribution in [1.29, 1.82) is 0 Å². The standard InChI is InChI=1S/C19H18F3N5O3S/c1-13-4-2-3-5-14(13)8-18(28)25-9-15-10-27(23-16(15)11-25)31(29,30)17-6-7-26(24-17)12-19(20,21)22/h2-7,10H,8-9,11-12H2,1H3. The van der Waals surface area contributed by atoms with E-state index in [9.17, 15) is 26.4 Å². The third-order valence-corrected chi connectivity index (χ3v) is 6.41. The fraction of sp³-hybridized carbons (Fsp3) is 0.316. The van der Waals surface area contributed by atoms with Gasteiger partial charge < -0.3 is 4.90 Å². The lowest BCUT2D eigenvalue weighted by molar-refractivity contribution is -0.142. The predicted molar refractivity (Wildman–Crippen MR) is 102 cm³/mol. The maximum atomic E-state index is 12.7. The molecule has 3 heterocycles. The molecule has 0 fully saturated rings. The van der Waals surface area contributed by atoms with E-state index in [4.69, 9.17) is 0 Å². The Balaban J connectivity index is 1.47. The molecule has 12 heteroatoms. The number of rotatable bonds is 5. The van der Waals surface area contributed by atoms with Crippen LogP contribution in [0.3, 0.4) is 0 Å². The first-order valence-corrected chi connectivity index (χ1v) is 10.7. The lowest BCUT2D eigenvalue weighted by Gasteiger charge is -2.16. The van der Waals surface area contributed by atoms with Gasteiger partial charge >= 0.3 is 16.2 Å². The number of fused-ring (bicyclic) bond motifs is 1. The summed E-state index contributed by atoms with van der Waals surface area (Å²) in [5.41, 5.74) is 2.92. The molecule has 0 bridgehead atoms. The molecule has 0 radical (unpaired) electrons. The molecule has 4 rings (SSSR count). The van der Waals surface area contributed by atoms with Gasteiger partial charge in [0.1, 0.15) is 6.54 Å². The van der Waals surface area contributed by atoms with Gasteiger partial charge in [0.25, 0.3) is 0 Å². The molecule has 8 nitrogen and oxygen atoms in total. The van der Waals surface area contributed by atoms with Crippen LogP contribution in [0, 0.1) is 6.92 Å². The zero-order chi connectivity index (χ0) is 22.4. The molecule has 2 aromatic heterocycles. The monoisotopic (exact) mass is 453 g/mol. The quantitative estimate of drug-likeness (QED) is 0.591. The highest BCUT2D eigenvalue weighted by Gasteiger charge is 2.32. The average Bonchev–Trinajstić information content (AvgIpc) is 3.37. The summed E-state index contributed by atoms with van der Waals surface area (Å²) in [6.45, 7) is 0.895. The van der Waals surface area contributed by atoms with Crippen LogP contribution in [0.4, 0.5) is 13.2 Å². The van der Waals surface area contributed by atoms with E-state index in [2.05, 4.69) is 10.2 Å². The number of aryl methyl sites for hydroxylation is 1. The van der Waals surface area contributed by atoms with Crippen molar-refractivity contribution in [2.45, 2.75) is 44.2 Å². The maximum Gasteiger partial charge on any atom is 0.408 e. The van der Waals surface area contributed by atoms with Gasteiger partial charge in [-0.3, -0.25) is 9.48 Å². The number of halogens is 3. The van der Waals surface area contributed by atoms with Crippen LogP contribution < -0.4 is 0 Å². The fourth-order valence-electron chi connectivity index (χ4n) is 3.36. The number of amides is 1. The first kappa shape index (κ1) is 21.1. The van der Waals surface area contributed by atoms with Crippen molar-refractivity contribution >= 4 is 15.9 Å². The second-order valence-corrected chi connectivity index (χ2v) is 9.04. The van der Waals surface area contributed by atoms with Crippen LogP contribution in [0.1, 0.15) is 22.4 Å². The SMILES string of the molecule is Cc1ccccc1CC(=O)N1Cc2cn(S(=O)(=O)c3ccn(CC(F)(F)F)n3)nc2C1. The molecule has 0 aliphatic carbocycles. The van der Waals surface area contributed by atoms with Gasteiger partial charge in [-0.25, -0.2) is 0 Å². The van der Waals surface area contributed by atoms with Crippen LogP contribution in [0.2, 0.25) is 0 Å². The summed E-state index contributed by atoms with van der Waals surface area (Å²) in [5.74, 6) is -0.104. The van der Waals surface area contributed by atoms with Crippen molar-refractivity contribution in [2.75, 3.05) is 0 Å². The second-order valence-electron chi connectivity index (χ2n) is 7.30. The number of carbonyl (C=O) groups is 1. The summed E-state index contributed by atoms with van der Waals surface area (Å²) < 4.78 is 64.0. The highest BCUT2D eigenvalue weighted by molar-refractivity contribution is 7.89. The lowest BCUT2D eigenvalue weighted by Crippen LogP contribution is -2.28. The fourth-order valence-corrected chi connectivity index (χ4v) is 4.46. The van der Waals surface area contributed by atoms with Crippen molar-refractivity contribution in [2.24, 2.45) is 0 Å². The Morgan fingerprint density at radius 3 is 2.55 bits per heavy atom. The molecule has 0 saturated heterocycles. The first-order chi connectivity index (χ1) is 14.5. The van der Waals surface area contributed by atoms with Crippen molar-refractivity contribution in [1.82, 2.24) is 23.9 Å². The third-order valence-electron chi connectivity index (χ3n) is 4.98. The van der Waals surface area contributed by atoms with Crippen molar-refractivity contribution in [3.05, 3.63) is 65.1 Å². The topological polar surface area (TPSA) is 90.1 Å². The average molecular weight is 453 g/mol. The molecule has 3 aromatic rings. The molecule has 1 amide bonds. The third kappa shape index (κ3) is 4.33. The van der Waals surface area contributed by atoms with Crippen molar-refractivity contribution < 1.29 is 26.4 Å². The molecule has 0 unspecified atom stereocenters. The van der Waals surface area contributed by atoms with Crippen LogP contribution >= 0.6 is 0 Å². The van der Waals surface area contributed by atoms with E-state index in [1.165, 1.54) is 6.20 Å². The van der Waals surface area contributed by atoms with Gasteiger partial charge in [-0.2, -0.15) is 35.9 Å². The molecule has 0 N–H and O–H groups in total. The van der Waals surface area contributed by atoms with Gasteiger partial charge in [0.15, 0.2) is 5.03 Å². The Bertz CT molecular complexity index is 1220. The van der Waals surface area contributed by atoms with E-state index in [0.29, 0.717) is 20.0 Å². The summed E-state index contributed by atoms with van der Waals surface area (Å²) in [4.78, 5) is 14.2. The molecular formula is C19H18F3N5O3S. The Morgan fingerprint density at radius 2 is 1.87 bits per heavy atom. The van der Waals surface area contributed by atoms with E-state index < -0.39 is 27.8 Å². The second kappa shape index (κ2) is 7.52. The molecule has 31 heavy (non-hydrogen) atoms. The molecular weight excluding hydrogens is 435 g/mol. The minimum absolute atomic E-state index is 0.104. The van der Waals surface area contributed by atoms with Gasteiger partial charge in [-0.15, -0.1) is 0 Å². The van der Waals surface area contributed by atoms with E-state index in [1.807, 2.05) is 31.2 Å².